The molecule has 1 fully saturated rings. The van der Waals surface area contributed by atoms with Crippen LogP contribution >= 0.6 is 0 Å². The Kier molecular flexibility index (Phi) is 5.87. The second-order valence-electron chi connectivity index (χ2n) is 5.45. The number of carbonyl (C=O) groups excluding carboxylic acids is 1. The van der Waals surface area contributed by atoms with Crippen molar-refractivity contribution in [1.29, 1.82) is 0 Å². The number of rotatable bonds is 5. The van der Waals surface area contributed by atoms with Crippen LogP contribution in [0.3, 0.4) is 0 Å². The lowest BCUT2D eigenvalue weighted by atomic mass is 9.96. The fourth-order valence-corrected chi connectivity index (χ4v) is 2.60. The lowest BCUT2D eigenvalue weighted by Gasteiger charge is -2.27. The Balaban J connectivity index is 1.72. The summed E-state index contributed by atoms with van der Waals surface area (Å²) in [6.07, 6.45) is 2.31. The molecule has 5 heteroatoms. The minimum atomic E-state index is -0.139. The average molecular weight is 292 g/mol. The predicted molar refractivity (Wildman–Crippen MR) is 81.4 cm³/mol. The fraction of sp³-hybridized carbons (Fsp3) is 0.562. The molecule has 0 aromatic heterocycles. The Morgan fingerprint density at radius 1 is 1.38 bits per heavy atom. The Hall–Kier alpha value is -1.75. The Morgan fingerprint density at radius 2 is 2.19 bits per heavy atom. The van der Waals surface area contributed by atoms with E-state index in [2.05, 4.69) is 17.6 Å². The number of ether oxygens (including phenoxy) is 2. The highest BCUT2D eigenvalue weighted by Crippen LogP contribution is 2.19. The smallest absolute Gasteiger partial charge is 0.315 e. The molecule has 0 radical (unpaired) electrons. The van der Waals surface area contributed by atoms with Crippen LogP contribution < -0.4 is 15.4 Å². The SMILES string of the molecule is COc1ccccc1CNC(=O)NC[C@H]1CCO[C@H](C)C1. The summed E-state index contributed by atoms with van der Waals surface area (Å²) in [5.41, 5.74) is 0.967. The zero-order valence-electron chi connectivity index (χ0n) is 12.7. The van der Waals surface area contributed by atoms with Crippen molar-refractivity contribution in [2.24, 2.45) is 5.92 Å². The predicted octanol–water partition coefficient (Wildman–Crippen LogP) is 2.31. The van der Waals surface area contributed by atoms with E-state index in [-0.39, 0.29) is 6.03 Å². The van der Waals surface area contributed by atoms with Gasteiger partial charge in [0.2, 0.25) is 0 Å². The molecule has 1 aliphatic heterocycles. The number of benzene rings is 1. The Labute approximate surface area is 126 Å². The highest BCUT2D eigenvalue weighted by Gasteiger charge is 2.19. The first-order valence-corrected chi connectivity index (χ1v) is 7.44. The lowest BCUT2D eigenvalue weighted by molar-refractivity contribution is 0.00346. The maximum absolute atomic E-state index is 11.8. The molecule has 2 N–H and O–H groups in total. The number of hydrogen-bond acceptors (Lipinski definition) is 3. The minimum Gasteiger partial charge on any atom is -0.496 e. The van der Waals surface area contributed by atoms with Gasteiger partial charge in [0.15, 0.2) is 0 Å². The van der Waals surface area contributed by atoms with Crippen LogP contribution in [0.4, 0.5) is 4.79 Å². The van der Waals surface area contributed by atoms with Gasteiger partial charge in [-0.2, -0.15) is 0 Å². The molecule has 5 nitrogen and oxygen atoms in total. The zero-order valence-corrected chi connectivity index (χ0v) is 12.7. The summed E-state index contributed by atoms with van der Waals surface area (Å²) in [7, 11) is 1.63. The van der Waals surface area contributed by atoms with Crippen molar-refractivity contribution in [2.45, 2.75) is 32.4 Å². The van der Waals surface area contributed by atoms with Gasteiger partial charge in [-0.05, 0) is 31.7 Å². The average Bonchev–Trinajstić information content (AvgIpc) is 2.51. The van der Waals surface area contributed by atoms with Crippen LogP contribution in [0, 0.1) is 5.92 Å². The first-order chi connectivity index (χ1) is 10.2. The molecule has 116 valence electrons. The van der Waals surface area contributed by atoms with Crippen LogP contribution in [-0.4, -0.2) is 32.4 Å². The van der Waals surface area contributed by atoms with Gasteiger partial charge in [-0.15, -0.1) is 0 Å². The van der Waals surface area contributed by atoms with Crippen molar-refractivity contribution >= 4 is 6.03 Å². The summed E-state index contributed by atoms with van der Waals surface area (Å²) in [5, 5.41) is 5.80. The van der Waals surface area contributed by atoms with Crippen molar-refractivity contribution in [3.8, 4) is 5.75 Å². The van der Waals surface area contributed by atoms with Gasteiger partial charge in [-0.25, -0.2) is 4.79 Å². The molecule has 21 heavy (non-hydrogen) atoms. The van der Waals surface area contributed by atoms with Crippen LogP contribution in [0.5, 0.6) is 5.75 Å². The standard InChI is InChI=1S/C16H24N2O3/c1-12-9-13(7-8-21-12)10-17-16(19)18-11-14-5-3-4-6-15(14)20-2/h3-6,12-13H,7-11H2,1-2H3,(H2,17,18,19)/t12-,13+/m1/s1. The molecule has 0 aliphatic carbocycles. The van der Waals surface area contributed by atoms with E-state index in [1.807, 2.05) is 24.3 Å². The third kappa shape index (κ3) is 4.93. The van der Waals surface area contributed by atoms with Gasteiger partial charge >= 0.3 is 6.03 Å². The molecule has 1 aliphatic rings. The van der Waals surface area contributed by atoms with Crippen molar-refractivity contribution in [1.82, 2.24) is 10.6 Å². The topological polar surface area (TPSA) is 59.6 Å². The number of urea groups is 1. The first-order valence-electron chi connectivity index (χ1n) is 7.44. The van der Waals surface area contributed by atoms with Gasteiger partial charge in [-0.3, -0.25) is 0 Å². The van der Waals surface area contributed by atoms with E-state index in [0.717, 1.165) is 30.8 Å². The fourth-order valence-electron chi connectivity index (χ4n) is 2.60. The van der Waals surface area contributed by atoms with Crippen molar-refractivity contribution in [3.63, 3.8) is 0 Å². The maximum atomic E-state index is 11.8. The number of nitrogens with one attached hydrogen (secondary N) is 2. The number of hydrogen-bond donors (Lipinski definition) is 2. The monoisotopic (exact) mass is 292 g/mol. The second-order valence-corrected chi connectivity index (χ2v) is 5.45. The van der Waals surface area contributed by atoms with Gasteiger partial charge in [0.1, 0.15) is 5.75 Å². The van der Waals surface area contributed by atoms with Gasteiger partial charge in [0.05, 0.1) is 13.2 Å². The van der Waals surface area contributed by atoms with Crippen LogP contribution in [0.1, 0.15) is 25.3 Å². The summed E-state index contributed by atoms with van der Waals surface area (Å²) in [5.74, 6) is 1.29. The van der Waals surface area contributed by atoms with E-state index in [9.17, 15) is 4.79 Å². The maximum Gasteiger partial charge on any atom is 0.315 e. The van der Waals surface area contributed by atoms with Crippen molar-refractivity contribution in [3.05, 3.63) is 29.8 Å². The Bertz CT molecular complexity index is 465. The number of methoxy groups -OCH3 is 1. The molecule has 0 saturated carbocycles. The summed E-state index contributed by atoms with van der Waals surface area (Å²) in [6.45, 7) is 4.02. The largest absolute Gasteiger partial charge is 0.496 e. The molecule has 0 spiro atoms. The third-order valence-electron chi connectivity index (χ3n) is 3.78. The molecule has 2 rings (SSSR count). The molecule has 1 aromatic rings. The van der Waals surface area contributed by atoms with Crippen LogP contribution in [-0.2, 0) is 11.3 Å². The summed E-state index contributed by atoms with van der Waals surface area (Å²) in [6, 6.07) is 7.53. The molecular formula is C16H24N2O3. The molecule has 0 bridgehead atoms. The normalized spacial score (nSPS) is 21.6. The van der Waals surface area contributed by atoms with E-state index in [1.165, 1.54) is 0 Å². The molecule has 2 atom stereocenters. The zero-order chi connectivity index (χ0) is 15.1. The van der Waals surface area contributed by atoms with Crippen LogP contribution in [0.25, 0.3) is 0 Å². The number of amides is 2. The summed E-state index contributed by atoms with van der Waals surface area (Å²) < 4.78 is 10.8. The Morgan fingerprint density at radius 3 is 2.95 bits per heavy atom. The molecule has 1 heterocycles. The number of para-hydroxylation sites is 1. The van der Waals surface area contributed by atoms with Crippen molar-refractivity contribution < 1.29 is 14.3 Å². The van der Waals surface area contributed by atoms with Crippen LogP contribution in [0.2, 0.25) is 0 Å². The van der Waals surface area contributed by atoms with E-state index in [1.54, 1.807) is 7.11 Å². The third-order valence-corrected chi connectivity index (χ3v) is 3.78. The molecular weight excluding hydrogens is 268 g/mol. The molecule has 1 saturated heterocycles. The van der Waals surface area contributed by atoms with Gasteiger partial charge in [-0.1, -0.05) is 18.2 Å². The van der Waals surface area contributed by atoms with E-state index >= 15 is 0 Å². The highest BCUT2D eigenvalue weighted by molar-refractivity contribution is 5.73. The highest BCUT2D eigenvalue weighted by atomic mass is 16.5. The molecule has 0 unspecified atom stereocenters. The summed E-state index contributed by atoms with van der Waals surface area (Å²) in [4.78, 5) is 11.8. The molecule has 1 aromatic carbocycles. The van der Waals surface area contributed by atoms with Crippen LogP contribution in [0.15, 0.2) is 24.3 Å². The molecule has 2 amide bonds. The summed E-state index contributed by atoms with van der Waals surface area (Å²) >= 11 is 0. The quantitative estimate of drug-likeness (QED) is 0.875. The first kappa shape index (κ1) is 15.6. The van der Waals surface area contributed by atoms with Gasteiger partial charge < -0.3 is 20.1 Å². The lowest BCUT2D eigenvalue weighted by Crippen LogP contribution is -2.39. The van der Waals surface area contributed by atoms with E-state index in [0.29, 0.717) is 25.1 Å². The van der Waals surface area contributed by atoms with E-state index in [4.69, 9.17) is 9.47 Å². The van der Waals surface area contributed by atoms with Gasteiger partial charge in [0.25, 0.3) is 0 Å². The van der Waals surface area contributed by atoms with Gasteiger partial charge in [0, 0.05) is 25.3 Å². The number of carbonyl (C=O) groups is 1. The van der Waals surface area contributed by atoms with Crippen molar-refractivity contribution in [2.75, 3.05) is 20.3 Å². The minimum absolute atomic E-state index is 0.139. The van der Waals surface area contributed by atoms with E-state index < -0.39 is 0 Å². The second kappa shape index (κ2) is 7.88.